The Morgan fingerprint density at radius 2 is 1.82 bits per heavy atom. The second-order valence-corrected chi connectivity index (χ2v) is 6.91. The molecule has 2 aromatic rings. The summed E-state index contributed by atoms with van der Waals surface area (Å²) in [6.45, 7) is 3.44. The number of carbonyl (C=O) groups excluding carboxylic acids is 2. The molecule has 0 aliphatic carbocycles. The van der Waals surface area contributed by atoms with Crippen LogP contribution in [0, 0.1) is 6.92 Å². The third kappa shape index (κ3) is 7.03. The van der Waals surface area contributed by atoms with Crippen LogP contribution in [-0.4, -0.2) is 31.2 Å². The largest absolute Gasteiger partial charge is 0.497 e. The van der Waals surface area contributed by atoms with Crippen LogP contribution in [0.5, 0.6) is 11.5 Å². The SMILES string of the molecule is COc1ccc(NC(=O)C/C(C)=N/NC(=O)COc2ccc(C)cc2Br)cc1. The molecule has 0 saturated carbocycles. The fourth-order valence-corrected chi connectivity index (χ4v) is 2.82. The highest BCUT2D eigenvalue weighted by Crippen LogP contribution is 2.25. The van der Waals surface area contributed by atoms with Crippen LogP contribution < -0.4 is 20.2 Å². The van der Waals surface area contributed by atoms with Gasteiger partial charge in [0.25, 0.3) is 5.91 Å². The zero-order valence-corrected chi connectivity index (χ0v) is 17.5. The van der Waals surface area contributed by atoms with E-state index in [0.717, 1.165) is 10.0 Å². The number of hydrogen-bond acceptors (Lipinski definition) is 5. The average Bonchev–Trinajstić information content (AvgIpc) is 2.66. The number of methoxy groups -OCH3 is 1. The molecule has 2 rings (SSSR count). The van der Waals surface area contributed by atoms with Crippen molar-refractivity contribution in [1.82, 2.24) is 5.43 Å². The van der Waals surface area contributed by atoms with Crippen molar-refractivity contribution in [2.75, 3.05) is 19.0 Å². The second kappa shape index (κ2) is 10.5. The van der Waals surface area contributed by atoms with Gasteiger partial charge in [-0.15, -0.1) is 0 Å². The summed E-state index contributed by atoms with van der Waals surface area (Å²) in [5.41, 5.74) is 4.58. The van der Waals surface area contributed by atoms with Crippen molar-refractivity contribution >= 4 is 39.1 Å². The molecular weight excluding hydrogens is 426 g/mol. The van der Waals surface area contributed by atoms with Gasteiger partial charge in [0.2, 0.25) is 5.91 Å². The van der Waals surface area contributed by atoms with Gasteiger partial charge in [0, 0.05) is 11.4 Å². The lowest BCUT2D eigenvalue weighted by Gasteiger charge is -2.08. The Kier molecular flexibility index (Phi) is 8.01. The van der Waals surface area contributed by atoms with E-state index in [0.29, 0.717) is 22.9 Å². The topological polar surface area (TPSA) is 89.0 Å². The molecular formula is C20H22BrN3O4. The van der Waals surface area contributed by atoms with Crippen LogP contribution in [0.1, 0.15) is 18.9 Å². The highest BCUT2D eigenvalue weighted by molar-refractivity contribution is 9.10. The van der Waals surface area contributed by atoms with Crippen LogP contribution in [0.25, 0.3) is 0 Å². The molecule has 0 saturated heterocycles. The monoisotopic (exact) mass is 447 g/mol. The standard InChI is InChI=1S/C20H22BrN3O4/c1-13-4-9-18(17(21)10-13)28-12-20(26)24-23-14(2)11-19(25)22-15-5-7-16(27-3)8-6-15/h4-10H,11-12H2,1-3H3,(H,22,25)(H,24,26)/b23-14+. The minimum atomic E-state index is -0.414. The summed E-state index contributed by atoms with van der Waals surface area (Å²) in [6, 6.07) is 12.6. The first-order chi connectivity index (χ1) is 13.4. The molecule has 0 spiro atoms. The van der Waals surface area contributed by atoms with Crippen LogP contribution >= 0.6 is 15.9 Å². The van der Waals surface area contributed by atoms with Crippen molar-refractivity contribution in [3.8, 4) is 11.5 Å². The van der Waals surface area contributed by atoms with E-state index < -0.39 is 5.91 Å². The molecule has 28 heavy (non-hydrogen) atoms. The van der Waals surface area contributed by atoms with Crippen molar-refractivity contribution in [1.29, 1.82) is 0 Å². The summed E-state index contributed by atoms with van der Waals surface area (Å²) >= 11 is 3.39. The van der Waals surface area contributed by atoms with E-state index in [1.54, 1.807) is 44.4 Å². The van der Waals surface area contributed by atoms with Gasteiger partial charge in [0.15, 0.2) is 6.61 Å². The first kappa shape index (κ1) is 21.4. The quantitative estimate of drug-likeness (QED) is 0.477. The highest BCUT2D eigenvalue weighted by Gasteiger charge is 2.08. The zero-order chi connectivity index (χ0) is 20.5. The van der Waals surface area contributed by atoms with Crippen LogP contribution in [0.3, 0.4) is 0 Å². The van der Waals surface area contributed by atoms with Gasteiger partial charge in [-0.3, -0.25) is 9.59 Å². The van der Waals surface area contributed by atoms with E-state index in [1.807, 2.05) is 19.1 Å². The summed E-state index contributed by atoms with van der Waals surface area (Å²) in [5.74, 6) is 0.626. The van der Waals surface area contributed by atoms with Gasteiger partial charge in [0.1, 0.15) is 11.5 Å². The molecule has 0 aliphatic rings. The summed E-state index contributed by atoms with van der Waals surface area (Å²) in [7, 11) is 1.58. The van der Waals surface area contributed by atoms with Gasteiger partial charge in [-0.2, -0.15) is 5.10 Å². The van der Waals surface area contributed by atoms with E-state index >= 15 is 0 Å². The number of benzene rings is 2. The van der Waals surface area contributed by atoms with Gasteiger partial charge in [-0.1, -0.05) is 6.07 Å². The number of anilines is 1. The number of rotatable bonds is 8. The normalized spacial score (nSPS) is 10.9. The lowest BCUT2D eigenvalue weighted by atomic mass is 10.2. The number of halogens is 1. The molecule has 0 fully saturated rings. The van der Waals surface area contributed by atoms with Crippen LogP contribution in [0.15, 0.2) is 52.0 Å². The van der Waals surface area contributed by atoms with E-state index in [9.17, 15) is 9.59 Å². The highest BCUT2D eigenvalue weighted by atomic mass is 79.9. The van der Waals surface area contributed by atoms with Crippen LogP contribution in [-0.2, 0) is 9.59 Å². The van der Waals surface area contributed by atoms with Crippen molar-refractivity contribution < 1.29 is 19.1 Å². The number of amides is 2. The molecule has 0 bridgehead atoms. The van der Waals surface area contributed by atoms with Crippen molar-refractivity contribution in [2.45, 2.75) is 20.3 Å². The molecule has 2 N–H and O–H groups in total. The number of aryl methyl sites for hydroxylation is 1. The second-order valence-electron chi connectivity index (χ2n) is 6.06. The third-order valence-corrected chi connectivity index (χ3v) is 4.23. The molecule has 0 unspecified atom stereocenters. The summed E-state index contributed by atoms with van der Waals surface area (Å²) in [4.78, 5) is 23.9. The summed E-state index contributed by atoms with van der Waals surface area (Å²) < 4.78 is 11.3. The molecule has 0 atom stereocenters. The molecule has 0 radical (unpaired) electrons. The van der Waals surface area contributed by atoms with Gasteiger partial charge in [-0.05, 0) is 71.7 Å². The Hall–Kier alpha value is -2.87. The lowest BCUT2D eigenvalue weighted by molar-refractivity contribution is -0.123. The lowest BCUT2D eigenvalue weighted by Crippen LogP contribution is -2.26. The van der Waals surface area contributed by atoms with E-state index in [2.05, 4.69) is 31.8 Å². The Morgan fingerprint density at radius 1 is 1.11 bits per heavy atom. The van der Waals surface area contributed by atoms with Crippen molar-refractivity contribution in [3.63, 3.8) is 0 Å². The number of hydrogen-bond donors (Lipinski definition) is 2. The van der Waals surface area contributed by atoms with Gasteiger partial charge >= 0.3 is 0 Å². The van der Waals surface area contributed by atoms with Crippen LogP contribution in [0.2, 0.25) is 0 Å². The average molecular weight is 448 g/mol. The predicted molar refractivity (Wildman–Crippen MR) is 112 cm³/mol. The fraction of sp³-hybridized carbons (Fsp3) is 0.250. The maximum absolute atomic E-state index is 12.0. The zero-order valence-electron chi connectivity index (χ0n) is 15.9. The van der Waals surface area contributed by atoms with Gasteiger partial charge in [-0.25, -0.2) is 5.43 Å². The first-order valence-corrected chi connectivity index (χ1v) is 9.31. The predicted octanol–water partition coefficient (Wildman–Crippen LogP) is 3.67. The molecule has 7 nitrogen and oxygen atoms in total. The maximum atomic E-state index is 12.0. The molecule has 8 heteroatoms. The molecule has 0 heterocycles. The Balaban J connectivity index is 1.77. The third-order valence-electron chi connectivity index (χ3n) is 3.61. The molecule has 2 aromatic carbocycles. The summed E-state index contributed by atoms with van der Waals surface area (Å²) in [6.07, 6.45) is 0.0523. The smallest absolute Gasteiger partial charge is 0.277 e. The minimum Gasteiger partial charge on any atom is -0.497 e. The van der Waals surface area contributed by atoms with Crippen molar-refractivity contribution in [2.24, 2.45) is 5.10 Å². The Morgan fingerprint density at radius 3 is 2.46 bits per heavy atom. The maximum Gasteiger partial charge on any atom is 0.277 e. The molecule has 0 aromatic heterocycles. The number of nitrogens with zero attached hydrogens (tertiary/aromatic N) is 1. The van der Waals surface area contributed by atoms with Crippen molar-refractivity contribution in [3.05, 3.63) is 52.5 Å². The minimum absolute atomic E-state index is 0.0523. The number of carbonyl (C=O) groups is 2. The van der Waals surface area contributed by atoms with Gasteiger partial charge in [0.05, 0.1) is 18.0 Å². The van der Waals surface area contributed by atoms with E-state index in [1.165, 1.54) is 0 Å². The first-order valence-electron chi connectivity index (χ1n) is 8.52. The van der Waals surface area contributed by atoms with E-state index in [4.69, 9.17) is 9.47 Å². The number of hydrazone groups is 1. The van der Waals surface area contributed by atoms with E-state index in [-0.39, 0.29) is 18.9 Å². The Bertz CT molecular complexity index is 866. The van der Waals surface area contributed by atoms with Crippen LogP contribution in [0.4, 0.5) is 5.69 Å². The number of ether oxygens (including phenoxy) is 2. The molecule has 2 amide bonds. The number of nitrogens with one attached hydrogen (secondary N) is 2. The molecule has 148 valence electrons. The molecule has 0 aliphatic heterocycles. The summed E-state index contributed by atoms with van der Waals surface area (Å²) in [5, 5.41) is 6.68. The van der Waals surface area contributed by atoms with Gasteiger partial charge < -0.3 is 14.8 Å². The fourth-order valence-electron chi connectivity index (χ4n) is 2.21. The Labute approximate surface area is 172 Å².